The van der Waals surface area contributed by atoms with E-state index in [1.54, 1.807) is 4.52 Å². The smallest absolute Gasteiger partial charge is 0.243 e. The normalized spacial score (nSPS) is 10.8. The Labute approximate surface area is 123 Å². The first-order valence-electron chi connectivity index (χ1n) is 7.03. The van der Waals surface area contributed by atoms with E-state index in [2.05, 4.69) is 21.5 Å². The van der Waals surface area contributed by atoms with Gasteiger partial charge in [-0.2, -0.15) is 4.98 Å². The molecule has 5 heteroatoms. The highest BCUT2D eigenvalue weighted by molar-refractivity contribution is 5.44. The largest absolute Gasteiger partial charge is 0.494 e. The molecule has 21 heavy (non-hydrogen) atoms. The standard InChI is InChI=1S/C16H18N4O/c1-3-21-14-6-4-5-13(9-14)10-17-16-18-15-8-7-12(2)11-20(15)19-16/h4-9,11H,3,10H2,1-2H3,(H,17,19). The van der Waals surface area contributed by atoms with Crippen molar-refractivity contribution in [1.82, 2.24) is 14.6 Å². The van der Waals surface area contributed by atoms with Gasteiger partial charge in [-0.1, -0.05) is 18.2 Å². The number of nitrogens with zero attached hydrogens (tertiary/aromatic N) is 3. The van der Waals surface area contributed by atoms with Gasteiger partial charge in [0.25, 0.3) is 0 Å². The molecule has 0 amide bonds. The third kappa shape index (κ3) is 3.13. The van der Waals surface area contributed by atoms with Gasteiger partial charge in [-0.05, 0) is 43.2 Å². The lowest BCUT2D eigenvalue weighted by Crippen LogP contribution is -2.02. The molecule has 3 rings (SSSR count). The lowest BCUT2D eigenvalue weighted by molar-refractivity contribution is 0.340. The van der Waals surface area contributed by atoms with Crippen molar-refractivity contribution in [2.24, 2.45) is 0 Å². The number of ether oxygens (including phenoxy) is 1. The topological polar surface area (TPSA) is 51.5 Å². The van der Waals surface area contributed by atoms with Gasteiger partial charge in [0.05, 0.1) is 6.61 Å². The zero-order valence-electron chi connectivity index (χ0n) is 12.2. The number of aromatic nitrogens is 3. The van der Waals surface area contributed by atoms with Crippen LogP contribution in [0, 0.1) is 6.92 Å². The molecule has 0 saturated heterocycles. The van der Waals surface area contributed by atoms with E-state index in [4.69, 9.17) is 4.74 Å². The predicted molar refractivity (Wildman–Crippen MR) is 82.7 cm³/mol. The maximum atomic E-state index is 5.50. The average Bonchev–Trinajstić information content (AvgIpc) is 2.88. The molecule has 0 atom stereocenters. The number of fused-ring (bicyclic) bond motifs is 1. The van der Waals surface area contributed by atoms with E-state index in [-0.39, 0.29) is 0 Å². The summed E-state index contributed by atoms with van der Waals surface area (Å²) in [7, 11) is 0. The molecule has 2 aromatic heterocycles. The first-order valence-corrected chi connectivity index (χ1v) is 7.03. The van der Waals surface area contributed by atoms with E-state index in [1.165, 1.54) is 0 Å². The zero-order chi connectivity index (χ0) is 14.7. The minimum atomic E-state index is 0.627. The van der Waals surface area contributed by atoms with Gasteiger partial charge in [0.2, 0.25) is 5.95 Å². The molecule has 0 fully saturated rings. The first-order chi connectivity index (χ1) is 10.2. The van der Waals surface area contributed by atoms with Crippen LogP contribution < -0.4 is 10.1 Å². The van der Waals surface area contributed by atoms with Gasteiger partial charge >= 0.3 is 0 Å². The highest BCUT2D eigenvalue weighted by Crippen LogP contribution is 2.14. The third-order valence-electron chi connectivity index (χ3n) is 3.14. The van der Waals surface area contributed by atoms with Gasteiger partial charge in [-0.3, -0.25) is 0 Å². The number of nitrogens with one attached hydrogen (secondary N) is 1. The predicted octanol–water partition coefficient (Wildman–Crippen LogP) is 3.05. The molecule has 1 aromatic carbocycles. The van der Waals surface area contributed by atoms with Gasteiger partial charge < -0.3 is 10.1 Å². The van der Waals surface area contributed by atoms with Crippen LogP contribution in [0.25, 0.3) is 5.65 Å². The molecule has 2 heterocycles. The molecule has 0 aliphatic heterocycles. The maximum absolute atomic E-state index is 5.50. The van der Waals surface area contributed by atoms with Crippen LogP contribution in [-0.4, -0.2) is 21.2 Å². The van der Waals surface area contributed by atoms with Crippen molar-refractivity contribution >= 4 is 11.6 Å². The lowest BCUT2D eigenvalue weighted by Gasteiger charge is -2.06. The minimum absolute atomic E-state index is 0.627. The Bertz CT molecular complexity index is 751. The molecule has 0 aliphatic carbocycles. The Morgan fingerprint density at radius 3 is 3.00 bits per heavy atom. The fraction of sp³-hybridized carbons (Fsp3) is 0.250. The van der Waals surface area contributed by atoms with Gasteiger partial charge in [0, 0.05) is 12.7 Å². The number of hydrogen-bond donors (Lipinski definition) is 1. The van der Waals surface area contributed by atoms with E-state index in [0.717, 1.165) is 22.5 Å². The second-order valence-electron chi connectivity index (χ2n) is 4.88. The Morgan fingerprint density at radius 2 is 2.14 bits per heavy atom. The van der Waals surface area contributed by atoms with E-state index < -0.39 is 0 Å². The van der Waals surface area contributed by atoms with Crippen molar-refractivity contribution in [3.63, 3.8) is 0 Å². The molecule has 5 nitrogen and oxygen atoms in total. The third-order valence-corrected chi connectivity index (χ3v) is 3.14. The summed E-state index contributed by atoms with van der Waals surface area (Å²) in [5.41, 5.74) is 3.13. The zero-order valence-corrected chi connectivity index (χ0v) is 12.2. The van der Waals surface area contributed by atoms with Crippen LogP contribution in [-0.2, 0) is 6.54 Å². The lowest BCUT2D eigenvalue weighted by atomic mass is 10.2. The molecule has 0 bridgehead atoms. The van der Waals surface area contributed by atoms with Crippen LogP contribution >= 0.6 is 0 Å². The summed E-state index contributed by atoms with van der Waals surface area (Å²) in [5, 5.41) is 7.65. The molecule has 0 saturated carbocycles. The Hall–Kier alpha value is -2.56. The molecule has 1 N–H and O–H groups in total. The van der Waals surface area contributed by atoms with Gasteiger partial charge in [0.1, 0.15) is 5.75 Å². The monoisotopic (exact) mass is 282 g/mol. The molecule has 0 aliphatic rings. The second-order valence-corrected chi connectivity index (χ2v) is 4.88. The molecular weight excluding hydrogens is 264 g/mol. The fourth-order valence-electron chi connectivity index (χ4n) is 2.15. The minimum Gasteiger partial charge on any atom is -0.494 e. The van der Waals surface area contributed by atoms with E-state index in [1.807, 2.05) is 50.4 Å². The summed E-state index contributed by atoms with van der Waals surface area (Å²) in [4.78, 5) is 4.44. The van der Waals surface area contributed by atoms with E-state index >= 15 is 0 Å². The molecule has 0 unspecified atom stereocenters. The number of aryl methyl sites for hydroxylation is 1. The van der Waals surface area contributed by atoms with Crippen molar-refractivity contribution < 1.29 is 4.74 Å². The van der Waals surface area contributed by atoms with Crippen LogP contribution in [0.5, 0.6) is 5.75 Å². The first kappa shape index (κ1) is 13.4. The Morgan fingerprint density at radius 1 is 1.24 bits per heavy atom. The summed E-state index contributed by atoms with van der Waals surface area (Å²) in [6.45, 7) is 5.35. The molecule has 108 valence electrons. The summed E-state index contributed by atoms with van der Waals surface area (Å²) in [6, 6.07) is 12.0. The van der Waals surface area contributed by atoms with Crippen LogP contribution in [0.2, 0.25) is 0 Å². The highest BCUT2D eigenvalue weighted by Gasteiger charge is 2.03. The quantitative estimate of drug-likeness (QED) is 0.781. The SMILES string of the molecule is CCOc1cccc(CNc2nc3ccc(C)cn3n2)c1. The number of hydrogen-bond acceptors (Lipinski definition) is 4. The second kappa shape index (κ2) is 5.83. The summed E-state index contributed by atoms with van der Waals surface area (Å²) >= 11 is 0. The molecule has 0 spiro atoms. The number of pyridine rings is 1. The molecule has 3 aromatic rings. The summed E-state index contributed by atoms with van der Waals surface area (Å²) in [6.07, 6.45) is 1.96. The fourth-order valence-corrected chi connectivity index (χ4v) is 2.15. The van der Waals surface area contributed by atoms with Crippen molar-refractivity contribution in [2.45, 2.75) is 20.4 Å². The molecule has 0 radical (unpaired) electrons. The van der Waals surface area contributed by atoms with Gasteiger partial charge in [-0.15, -0.1) is 5.10 Å². The van der Waals surface area contributed by atoms with Crippen molar-refractivity contribution in [3.05, 3.63) is 53.7 Å². The van der Waals surface area contributed by atoms with E-state index in [9.17, 15) is 0 Å². The van der Waals surface area contributed by atoms with E-state index in [0.29, 0.717) is 19.1 Å². The van der Waals surface area contributed by atoms with Crippen LogP contribution in [0.4, 0.5) is 5.95 Å². The molecular formula is C16H18N4O. The van der Waals surface area contributed by atoms with Crippen molar-refractivity contribution in [2.75, 3.05) is 11.9 Å². The summed E-state index contributed by atoms with van der Waals surface area (Å²) < 4.78 is 7.28. The van der Waals surface area contributed by atoms with Crippen LogP contribution in [0.1, 0.15) is 18.1 Å². The highest BCUT2D eigenvalue weighted by atomic mass is 16.5. The van der Waals surface area contributed by atoms with Gasteiger partial charge in [0.15, 0.2) is 5.65 Å². The van der Waals surface area contributed by atoms with Crippen LogP contribution in [0.15, 0.2) is 42.6 Å². The number of benzene rings is 1. The van der Waals surface area contributed by atoms with Crippen molar-refractivity contribution in [3.8, 4) is 5.75 Å². The van der Waals surface area contributed by atoms with Crippen molar-refractivity contribution in [1.29, 1.82) is 0 Å². The Balaban J connectivity index is 1.72. The summed E-state index contributed by atoms with van der Waals surface area (Å²) in [5.74, 6) is 1.51. The van der Waals surface area contributed by atoms with Crippen LogP contribution in [0.3, 0.4) is 0 Å². The number of anilines is 1. The number of rotatable bonds is 5. The Kier molecular flexibility index (Phi) is 3.73. The van der Waals surface area contributed by atoms with Gasteiger partial charge in [-0.25, -0.2) is 4.52 Å². The average molecular weight is 282 g/mol. The maximum Gasteiger partial charge on any atom is 0.243 e.